The van der Waals surface area contributed by atoms with E-state index in [0.717, 1.165) is 22.9 Å². The highest BCUT2D eigenvalue weighted by Crippen LogP contribution is 2.42. The zero-order valence-corrected chi connectivity index (χ0v) is 25.9. The smallest absolute Gasteiger partial charge is 0.265 e. The number of sulfonamides is 1. The highest BCUT2D eigenvalue weighted by Gasteiger charge is 2.36. The van der Waals surface area contributed by atoms with Crippen LogP contribution < -0.4 is 9.62 Å². The van der Waals surface area contributed by atoms with Gasteiger partial charge < -0.3 is 10.2 Å². The van der Waals surface area contributed by atoms with Gasteiger partial charge in [-0.25, -0.2) is 8.42 Å². The van der Waals surface area contributed by atoms with E-state index in [2.05, 4.69) is 5.32 Å². The quantitative estimate of drug-likeness (QED) is 0.201. The largest absolute Gasteiger partial charge is 0.352 e. The average Bonchev–Trinajstić information content (AvgIpc) is 3.23. The van der Waals surface area contributed by atoms with Crippen molar-refractivity contribution in [1.82, 2.24) is 10.2 Å². The van der Waals surface area contributed by atoms with Crippen molar-refractivity contribution >= 4 is 49.9 Å². The summed E-state index contributed by atoms with van der Waals surface area (Å²) in [5.74, 6) is -0.438. The van der Waals surface area contributed by atoms with Crippen LogP contribution in [-0.4, -0.2) is 43.8 Å². The number of amides is 2. The molecule has 4 aromatic carbocycles. The minimum atomic E-state index is -3.72. The summed E-state index contributed by atoms with van der Waals surface area (Å²) in [5, 5.41) is 5.23. The summed E-state index contributed by atoms with van der Waals surface area (Å²) >= 11 is 6.12. The summed E-state index contributed by atoms with van der Waals surface area (Å²) in [6.45, 7) is 4.31. The molecule has 5 rings (SSSR count). The Kier molecular flexibility index (Phi) is 9.37. The molecule has 0 radical (unpaired) electrons. The Hall–Kier alpha value is -3.88. The van der Waals surface area contributed by atoms with E-state index < -0.39 is 16.1 Å². The van der Waals surface area contributed by atoms with Crippen molar-refractivity contribution < 1.29 is 18.0 Å². The molecule has 0 aromatic heterocycles. The summed E-state index contributed by atoms with van der Waals surface area (Å²) in [4.78, 5) is 29.6. The lowest BCUT2D eigenvalue weighted by atomic mass is 10.0. The summed E-state index contributed by atoms with van der Waals surface area (Å²) in [6.07, 6.45) is 1.48. The second-order valence-corrected chi connectivity index (χ2v) is 13.3. The van der Waals surface area contributed by atoms with E-state index in [1.807, 2.05) is 74.5 Å². The van der Waals surface area contributed by atoms with Crippen molar-refractivity contribution in [3.63, 3.8) is 0 Å². The molecule has 1 aliphatic heterocycles. The zero-order valence-electron chi connectivity index (χ0n) is 24.4. The van der Waals surface area contributed by atoms with Gasteiger partial charge in [-0.2, -0.15) is 0 Å². The van der Waals surface area contributed by atoms with Crippen LogP contribution in [0.1, 0.15) is 44.2 Å². The number of carbonyl (C=O) groups is 2. The Balaban J connectivity index is 1.40. The molecular formula is C34H36ClN3O4S. The molecular weight excluding hydrogens is 582 g/mol. The van der Waals surface area contributed by atoms with Crippen LogP contribution in [0.5, 0.6) is 0 Å². The first-order valence-corrected chi connectivity index (χ1v) is 16.4. The van der Waals surface area contributed by atoms with E-state index in [0.29, 0.717) is 33.8 Å². The van der Waals surface area contributed by atoms with Crippen LogP contribution in [-0.2, 0) is 32.6 Å². The SMILES string of the molecule is CC[C@@H](C)NC(=O)[C@@H](Cc1ccccc1)N(Cc1ccc(Cl)cc1)C(=O)CCCN1c2cccc3cccc(c23)S1(=O)=O. The van der Waals surface area contributed by atoms with Crippen LogP contribution in [0.3, 0.4) is 0 Å². The van der Waals surface area contributed by atoms with E-state index in [1.54, 1.807) is 35.2 Å². The minimum Gasteiger partial charge on any atom is -0.352 e. The molecule has 2 amide bonds. The normalized spacial score (nSPS) is 14.8. The molecule has 2 atom stereocenters. The van der Waals surface area contributed by atoms with Crippen LogP contribution in [0.25, 0.3) is 10.8 Å². The molecule has 0 unspecified atom stereocenters. The lowest BCUT2D eigenvalue weighted by Gasteiger charge is -2.32. The summed E-state index contributed by atoms with van der Waals surface area (Å²) in [5.41, 5.74) is 2.42. The first-order chi connectivity index (χ1) is 20.7. The number of halogens is 1. The zero-order chi connectivity index (χ0) is 30.6. The molecule has 0 saturated carbocycles. The Morgan fingerprint density at radius 1 is 0.907 bits per heavy atom. The van der Waals surface area contributed by atoms with Gasteiger partial charge in [-0.3, -0.25) is 13.9 Å². The fraction of sp³-hybridized carbons (Fsp3) is 0.294. The molecule has 1 heterocycles. The predicted octanol–water partition coefficient (Wildman–Crippen LogP) is 6.34. The number of benzene rings is 4. The van der Waals surface area contributed by atoms with Gasteiger partial charge >= 0.3 is 0 Å². The van der Waals surface area contributed by atoms with Crippen LogP contribution >= 0.6 is 11.6 Å². The molecule has 0 bridgehead atoms. The summed E-state index contributed by atoms with van der Waals surface area (Å²) < 4.78 is 28.3. The van der Waals surface area contributed by atoms with Gasteiger partial charge in [0.15, 0.2) is 0 Å². The number of rotatable bonds is 12. The van der Waals surface area contributed by atoms with E-state index >= 15 is 0 Å². The monoisotopic (exact) mass is 617 g/mol. The fourth-order valence-corrected chi connectivity index (χ4v) is 7.37. The molecule has 7 nitrogen and oxygen atoms in total. The van der Waals surface area contributed by atoms with Crippen molar-refractivity contribution in [3.05, 3.63) is 107 Å². The summed E-state index contributed by atoms with van der Waals surface area (Å²) in [7, 11) is -3.72. The molecule has 43 heavy (non-hydrogen) atoms. The maximum Gasteiger partial charge on any atom is 0.265 e. The molecule has 1 aliphatic rings. The number of nitrogens with one attached hydrogen (secondary N) is 1. The van der Waals surface area contributed by atoms with E-state index in [4.69, 9.17) is 11.6 Å². The molecule has 0 fully saturated rings. The van der Waals surface area contributed by atoms with E-state index in [-0.39, 0.29) is 37.4 Å². The first-order valence-electron chi connectivity index (χ1n) is 14.6. The Morgan fingerprint density at radius 2 is 1.60 bits per heavy atom. The first kappa shape index (κ1) is 30.6. The molecule has 4 aromatic rings. The molecule has 0 aliphatic carbocycles. The number of nitrogens with zero attached hydrogens (tertiary/aromatic N) is 2. The van der Waals surface area contributed by atoms with Gasteiger partial charge in [-0.15, -0.1) is 0 Å². The van der Waals surface area contributed by atoms with Gasteiger partial charge in [-0.05, 0) is 60.5 Å². The lowest BCUT2D eigenvalue weighted by Crippen LogP contribution is -2.52. The number of hydrogen-bond acceptors (Lipinski definition) is 4. The highest BCUT2D eigenvalue weighted by atomic mass is 35.5. The average molecular weight is 618 g/mol. The van der Waals surface area contributed by atoms with Gasteiger partial charge in [0.1, 0.15) is 6.04 Å². The van der Waals surface area contributed by atoms with Crippen LogP contribution in [0.15, 0.2) is 95.9 Å². The third-order valence-electron chi connectivity index (χ3n) is 7.97. The van der Waals surface area contributed by atoms with Gasteiger partial charge in [-0.1, -0.05) is 85.3 Å². The van der Waals surface area contributed by atoms with Gasteiger partial charge in [0.25, 0.3) is 10.0 Å². The number of carbonyl (C=O) groups excluding carboxylic acids is 2. The molecule has 9 heteroatoms. The van der Waals surface area contributed by atoms with Crippen LogP contribution in [0, 0.1) is 0 Å². The van der Waals surface area contributed by atoms with Crippen molar-refractivity contribution in [1.29, 1.82) is 0 Å². The van der Waals surface area contributed by atoms with Crippen molar-refractivity contribution in [2.75, 3.05) is 10.8 Å². The second-order valence-electron chi connectivity index (χ2n) is 11.0. The predicted molar refractivity (Wildman–Crippen MR) is 172 cm³/mol. The Morgan fingerprint density at radius 3 is 2.30 bits per heavy atom. The molecule has 0 saturated heterocycles. The number of hydrogen-bond donors (Lipinski definition) is 1. The topological polar surface area (TPSA) is 86.8 Å². The van der Waals surface area contributed by atoms with Crippen molar-refractivity contribution in [3.8, 4) is 0 Å². The van der Waals surface area contributed by atoms with E-state index in [1.165, 1.54) is 4.31 Å². The van der Waals surface area contributed by atoms with Crippen molar-refractivity contribution in [2.45, 2.75) is 63.1 Å². The summed E-state index contributed by atoms with van der Waals surface area (Å²) in [6, 6.07) is 26.9. The van der Waals surface area contributed by atoms with Crippen LogP contribution in [0.2, 0.25) is 5.02 Å². The Labute approximate surface area is 258 Å². The van der Waals surface area contributed by atoms with E-state index in [9.17, 15) is 18.0 Å². The molecule has 1 N–H and O–H groups in total. The third-order valence-corrected chi connectivity index (χ3v) is 10.1. The maximum absolute atomic E-state index is 14.0. The minimum absolute atomic E-state index is 0.0528. The fourth-order valence-electron chi connectivity index (χ4n) is 5.50. The van der Waals surface area contributed by atoms with Gasteiger partial charge in [0, 0.05) is 42.4 Å². The van der Waals surface area contributed by atoms with Crippen molar-refractivity contribution in [2.24, 2.45) is 0 Å². The maximum atomic E-state index is 14.0. The third kappa shape index (κ3) is 6.71. The van der Waals surface area contributed by atoms with Gasteiger partial charge in [0.2, 0.25) is 11.8 Å². The molecule has 224 valence electrons. The second kappa shape index (κ2) is 13.2. The number of anilines is 1. The highest BCUT2D eigenvalue weighted by molar-refractivity contribution is 7.93. The Bertz CT molecular complexity index is 1710. The standard InChI is InChI=1S/C34H36ClN3O4S/c1-3-24(2)36-34(40)30(22-25-10-5-4-6-11-25)37(23-26-17-19-28(35)20-18-26)32(39)16-9-21-38-29-14-7-12-27-13-8-15-31(33(27)29)43(38,41)42/h4-8,10-15,17-20,24,30H,3,9,16,21-23H2,1-2H3,(H,36,40)/t24-,30-/m1/s1. The van der Waals surface area contributed by atoms with Crippen LogP contribution in [0.4, 0.5) is 5.69 Å². The lowest BCUT2D eigenvalue weighted by molar-refractivity contribution is -0.141. The molecule has 0 spiro atoms. The van der Waals surface area contributed by atoms with Gasteiger partial charge in [0.05, 0.1) is 10.6 Å².